The standard InChI is InChI=1S/C24H18O5S/c1-28-17-9-7-15(8-10-17)23-21(19-12-11-18(29-2)13-20(19)30-23)22(25)14-3-5-16(6-4-14)24(26)27/h3-13H,1-2H3,(H,26,27). The highest BCUT2D eigenvalue weighted by Crippen LogP contribution is 2.41. The molecule has 0 aliphatic rings. The van der Waals surface area contributed by atoms with Gasteiger partial charge >= 0.3 is 5.97 Å². The molecule has 5 nitrogen and oxygen atoms in total. The third-order valence-electron chi connectivity index (χ3n) is 4.87. The molecule has 1 aromatic heterocycles. The minimum Gasteiger partial charge on any atom is -0.497 e. The predicted octanol–water partition coefficient (Wildman–Crippen LogP) is 5.51. The number of ether oxygens (including phenoxy) is 2. The van der Waals surface area contributed by atoms with Gasteiger partial charge in [-0.05, 0) is 60.2 Å². The first kappa shape index (κ1) is 19.7. The first-order valence-corrected chi connectivity index (χ1v) is 9.96. The second-order valence-corrected chi connectivity index (χ2v) is 7.66. The molecule has 0 spiro atoms. The molecule has 0 aliphatic carbocycles. The number of methoxy groups -OCH3 is 2. The van der Waals surface area contributed by atoms with Crippen LogP contribution in [0, 0.1) is 0 Å². The van der Waals surface area contributed by atoms with E-state index in [0.717, 1.165) is 32.0 Å². The molecule has 30 heavy (non-hydrogen) atoms. The van der Waals surface area contributed by atoms with Gasteiger partial charge in [0.25, 0.3) is 0 Å². The van der Waals surface area contributed by atoms with Crippen molar-refractivity contribution in [2.24, 2.45) is 0 Å². The fourth-order valence-electron chi connectivity index (χ4n) is 3.28. The van der Waals surface area contributed by atoms with Crippen LogP contribution in [0.1, 0.15) is 26.3 Å². The SMILES string of the molecule is COc1ccc(-c2sc3cc(OC)ccc3c2C(=O)c2ccc(C(=O)O)cc2)cc1. The van der Waals surface area contributed by atoms with Crippen molar-refractivity contribution in [1.82, 2.24) is 0 Å². The lowest BCUT2D eigenvalue weighted by molar-refractivity contribution is 0.0696. The fourth-order valence-corrected chi connectivity index (χ4v) is 4.52. The van der Waals surface area contributed by atoms with E-state index in [1.54, 1.807) is 26.4 Å². The molecule has 0 atom stereocenters. The number of hydrogen-bond acceptors (Lipinski definition) is 5. The van der Waals surface area contributed by atoms with Gasteiger partial charge in [-0.2, -0.15) is 0 Å². The van der Waals surface area contributed by atoms with Crippen molar-refractivity contribution in [3.63, 3.8) is 0 Å². The molecule has 0 bridgehead atoms. The van der Waals surface area contributed by atoms with Crippen molar-refractivity contribution in [2.75, 3.05) is 14.2 Å². The molecule has 0 radical (unpaired) electrons. The van der Waals surface area contributed by atoms with E-state index in [0.29, 0.717) is 11.1 Å². The first-order chi connectivity index (χ1) is 14.5. The molecular weight excluding hydrogens is 400 g/mol. The van der Waals surface area contributed by atoms with Crippen molar-refractivity contribution in [1.29, 1.82) is 0 Å². The summed E-state index contributed by atoms with van der Waals surface area (Å²) in [5, 5.41) is 9.95. The predicted molar refractivity (Wildman–Crippen MR) is 117 cm³/mol. The zero-order valence-electron chi connectivity index (χ0n) is 16.3. The fraction of sp³-hybridized carbons (Fsp3) is 0.0833. The third kappa shape index (κ3) is 3.53. The summed E-state index contributed by atoms with van der Waals surface area (Å²) in [5.74, 6) is 0.267. The van der Waals surface area contributed by atoms with Crippen LogP contribution in [0.5, 0.6) is 11.5 Å². The normalized spacial score (nSPS) is 10.7. The van der Waals surface area contributed by atoms with E-state index in [-0.39, 0.29) is 11.3 Å². The number of carbonyl (C=O) groups is 2. The Morgan fingerprint density at radius 1 is 0.800 bits per heavy atom. The monoisotopic (exact) mass is 418 g/mol. The third-order valence-corrected chi connectivity index (χ3v) is 6.07. The molecule has 150 valence electrons. The Morgan fingerprint density at radius 3 is 2.00 bits per heavy atom. The quantitative estimate of drug-likeness (QED) is 0.418. The van der Waals surface area contributed by atoms with E-state index in [4.69, 9.17) is 14.6 Å². The van der Waals surface area contributed by atoms with E-state index in [9.17, 15) is 9.59 Å². The van der Waals surface area contributed by atoms with Gasteiger partial charge in [-0.25, -0.2) is 4.79 Å². The largest absolute Gasteiger partial charge is 0.497 e. The average Bonchev–Trinajstić information content (AvgIpc) is 3.17. The maximum absolute atomic E-state index is 13.5. The molecule has 0 aliphatic heterocycles. The summed E-state index contributed by atoms with van der Waals surface area (Å²) in [6, 6.07) is 19.2. The summed E-state index contributed by atoms with van der Waals surface area (Å²) in [7, 11) is 3.21. The highest BCUT2D eigenvalue weighted by molar-refractivity contribution is 7.22. The van der Waals surface area contributed by atoms with Gasteiger partial charge in [0.1, 0.15) is 11.5 Å². The van der Waals surface area contributed by atoms with Crippen molar-refractivity contribution in [3.05, 3.63) is 83.4 Å². The molecule has 4 aromatic rings. The number of benzene rings is 3. The second-order valence-electron chi connectivity index (χ2n) is 6.61. The summed E-state index contributed by atoms with van der Waals surface area (Å²) in [6.45, 7) is 0. The Morgan fingerprint density at radius 2 is 1.40 bits per heavy atom. The second kappa shape index (κ2) is 8.00. The smallest absolute Gasteiger partial charge is 0.335 e. The lowest BCUT2D eigenvalue weighted by Gasteiger charge is -2.07. The summed E-state index contributed by atoms with van der Waals surface area (Å²) >= 11 is 1.52. The van der Waals surface area contributed by atoms with Crippen molar-refractivity contribution >= 4 is 33.2 Å². The van der Waals surface area contributed by atoms with Gasteiger partial charge in [-0.1, -0.05) is 12.1 Å². The van der Waals surface area contributed by atoms with Crippen LogP contribution in [0.25, 0.3) is 20.5 Å². The lowest BCUT2D eigenvalue weighted by atomic mass is 9.97. The lowest BCUT2D eigenvalue weighted by Crippen LogP contribution is -2.03. The summed E-state index contributed by atoms with van der Waals surface area (Å²) in [6.07, 6.45) is 0. The maximum Gasteiger partial charge on any atom is 0.335 e. The van der Waals surface area contributed by atoms with E-state index < -0.39 is 5.97 Å². The summed E-state index contributed by atoms with van der Waals surface area (Å²) < 4.78 is 11.5. The van der Waals surface area contributed by atoms with Crippen molar-refractivity contribution in [3.8, 4) is 21.9 Å². The number of carboxylic acids is 1. The molecule has 0 saturated carbocycles. The molecule has 0 saturated heterocycles. The summed E-state index contributed by atoms with van der Waals surface area (Å²) in [4.78, 5) is 25.5. The molecule has 6 heteroatoms. The Bertz CT molecular complexity index is 1240. The van der Waals surface area contributed by atoms with Crippen LogP contribution < -0.4 is 9.47 Å². The van der Waals surface area contributed by atoms with E-state index in [2.05, 4.69) is 0 Å². The highest BCUT2D eigenvalue weighted by Gasteiger charge is 2.22. The Kier molecular flexibility index (Phi) is 5.25. The Hall–Kier alpha value is -3.64. The summed E-state index contributed by atoms with van der Waals surface area (Å²) in [5.41, 5.74) is 2.07. The number of carbonyl (C=O) groups excluding carboxylic acids is 1. The van der Waals surface area contributed by atoms with E-state index in [1.165, 1.54) is 23.5 Å². The molecule has 0 amide bonds. The van der Waals surface area contributed by atoms with Crippen LogP contribution in [-0.4, -0.2) is 31.1 Å². The van der Waals surface area contributed by atoms with Gasteiger partial charge in [0, 0.05) is 26.1 Å². The average molecular weight is 418 g/mol. The van der Waals surface area contributed by atoms with Crippen molar-refractivity contribution < 1.29 is 24.2 Å². The van der Waals surface area contributed by atoms with Crippen LogP contribution in [0.4, 0.5) is 0 Å². The van der Waals surface area contributed by atoms with Crippen LogP contribution in [0.3, 0.4) is 0 Å². The minimum atomic E-state index is -1.03. The molecular formula is C24H18O5S. The Balaban J connectivity index is 1.89. The number of aromatic carboxylic acids is 1. The maximum atomic E-state index is 13.5. The molecule has 1 heterocycles. The zero-order chi connectivity index (χ0) is 21.3. The minimum absolute atomic E-state index is 0.141. The first-order valence-electron chi connectivity index (χ1n) is 9.15. The molecule has 0 fully saturated rings. The van der Waals surface area contributed by atoms with Gasteiger partial charge in [0.05, 0.1) is 19.8 Å². The number of rotatable bonds is 6. The molecule has 1 N–H and O–H groups in total. The molecule has 4 rings (SSSR count). The number of hydrogen-bond donors (Lipinski definition) is 1. The molecule has 0 unspecified atom stereocenters. The Labute approximate surface area is 177 Å². The number of fused-ring (bicyclic) bond motifs is 1. The topological polar surface area (TPSA) is 72.8 Å². The number of carboxylic acid groups (broad SMARTS) is 1. The molecule has 3 aromatic carbocycles. The highest BCUT2D eigenvalue weighted by atomic mass is 32.1. The number of ketones is 1. The van der Waals surface area contributed by atoms with Gasteiger partial charge in [0.2, 0.25) is 0 Å². The van der Waals surface area contributed by atoms with Crippen LogP contribution in [0.2, 0.25) is 0 Å². The van der Waals surface area contributed by atoms with Gasteiger partial charge in [0.15, 0.2) is 5.78 Å². The van der Waals surface area contributed by atoms with E-state index in [1.807, 2.05) is 42.5 Å². The van der Waals surface area contributed by atoms with E-state index >= 15 is 0 Å². The van der Waals surface area contributed by atoms with Gasteiger partial charge in [-0.15, -0.1) is 11.3 Å². The van der Waals surface area contributed by atoms with Gasteiger partial charge < -0.3 is 14.6 Å². The van der Waals surface area contributed by atoms with Crippen LogP contribution in [-0.2, 0) is 0 Å². The zero-order valence-corrected chi connectivity index (χ0v) is 17.2. The van der Waals surface area contributed by atoms with Gasteiger partial charge in [-0.3, -0.25) is 4.79 Å². The van der Waals surface area contributed by atoms with Crippen LogP contribution in [0.15, 0.2) is 66.7 Å². The van der Waals surface area contributed by atoms with Crippen LogP contribution >= 0.6 is 11.3 Å². The van der Waals surface area contributed by atoms with Crippen molar-refractivity contribution in [2.45, 2.75) is 0 Å². The number of thiophene rings is 1.